The van der Waals surface area contributed by atoms with Gasteiger partial charge in [0, 0.05) is 23.2 Å². The number of anilines is 3. The summed E-state index contributed by atoms with van der Waals surface area (Å²) in [6, 6.07) is 9.65. The number of aromatic hydroxyl groups is 1. The molecule has 188 valence electrons. The van der Waals surface area contributed by atoms with E-state index < -0.39 is 11.4 Å². The maximum atomic E-state index is 15.0. The normalized spacial score (nSPS) is 15.5. The lowest BCUT2D eigenvalue weighted by atomic mass is 9.77. The van der Waals surface area contributed by atoms with E-state index in [1.54, 1.807) is 18.4 Å². The maximum Gasteiger partial charge on any atom is 0.323 e. The molecule has 0 aromatic heterocycles. The number of rotatable bonds is 8. The summed E-state index contributed by atoms with van der Waals surface area (Å²) in [6.07, 6.45) is 2.30. The van der Waals surface area contributed by atoms with Gasteiger partial charge in [-0.3, -0.25) is 0 Å². The van der Waals surface area contributed by atoms with Gasteiger partial charge in [0.15, 0.2) is 0 Å². The van der Waals surface area contributed by atoms with Crippen LogP contribution in [0.3, 0.4) is 0 Å². The first-order valence-electron chi connectivity index (χ1n) is 11.8. The molecule has 0 radical (unpaired) electrons. The Balaban J connectivity index is 1.88. The number of para-hydroxylation sites is 2. The minimum atomic E-state index is -0.437. The van der Waals surface area contributed by atoms with Crippen molar-refractivity contribution >= 4 is 46.5 Å². The molecule has 0 saturated carbocycles. The van der Waals surface area contributed by atoms with Crippen molar-refractivity contribution in [3.63, 3.8) is 0 Å². The Kier molecular flexibility index (Phi) is 8.78. The van der Waals surface area contributed by atoms with E-state index in [1.807, 2.05) is 50.8 Å². The van der Waals surface area contributed by atoms with Crippen LogP contribution in [0.5, 0.6) is 5.75 Å². The Bertz CT molecular complexity index is 1160. The van der Waals surface area contributed by atoms with E-state index in [4.69, 9.17) is 11.6 Å². The number of halogens is 2. The predicted octanol–water partition coefficient (Wildman–Crippen LogP) is 8.34. The minimum absolute atomic E-state index is 0.0209. The van der Waals surface area contributed by atoms with Crippen LogP contribution in [-0.2, 0) is 5.41 Å². The first-order chi connectivity index (χ1) is 16.7. The maximum absolute atomic E-state index is 15.0. The van der Waals surface area contributed by atoms with Crippen LogP contribution < -0.4 is 15.5 Å². The average Bonchev–Trinajstić information content (AvgIpc) is 3.21. The van der Waals surface area contributed by atoms with Crippen LogP contribution in [0.1, 0.15) is 59.4 Å². The van der Waals surface area contributed by atoms with E-state index in [1.165, 1.54) is 23.9 Å². The topological polar surface area (TPSA) is 64.6 Å². The molecule has 0 bridgehead atoms. The third kappa shape index (κ3) is 5.62. The molecular formula is C27H33ClFN3O2S. The number of amides is 2. The molecule has 1 aliphatic rings. The SMILES string of the molecule is CC/C(C)=C(\Cl)S/C=C(\C)NC(=O)Nc1ccccc1N1CC(CC)(CC)c2c(F)ccc(O)c21. The molecule has 0 atom stereocenters. The number of carbonyl (C=O) groups excluding carboxylic acids is 1. The van der Waals surface area contributed by atoms with E-state index >= 15 is 4.39 Å². The number of fused-ring (bicyclic) bond motifs is 1. The Labute approximate surface area is 216 Å². The first-order valence-corrected chi connectivity index (χ1v) is 13.1. The molecule has 0 aliphatic carbocycles. The van der Waals surface area contributed by atoms with E-state index in [2.05, 4.69) is 10.6 Å². The molecule has 2 amide bonds. The van der Waals surface area contributed by atoms with Crippen LogP contribution in [0, 0.1) is 5.82 Å². The predicted molar refractivity (Wildman–Crippen MR) is 146 cm³/mol. The van der Waals surface area contributed by atoms with Gasteiger partial charge in [-0.2, -0.15) is 0 Å². The molecule has 0 unspecified atom stereocenters. The van der Waals surface area contributed by atoms with Crippen LogP contribution in [-0.4, -0.2) is 17.7 Å². The summed E-state index contributed by atoms with van der Waals surface area (Å²) >= 11 is 7.62. The van der Waals surface area contributed by atoms with E-state index in [9.17, 15) is 9.90 Å². The summed E-state index contributed by atoms with van der Waals surface area (Å²) in [4.78, 5) is 14.7. The third-order valence-corrected chi connectivity index (χ3v) is 8.30. The standard InChI is InChI=1S/C27H33ClFN3O2S/c1-6-17(4)25(28)35-15-18(5)30-26(34)31-20-11-9-10-12-21(20)32-16-27(7-2,8-3)23-19(29)13-14-22(33)24(23)32/h9-15,33H,6-8,16H2,1-5H3,(H2,30,31,34)/b18-15+,25-17+. The molecule has 0 saturated heterocycles. The quantitative estimate of drug-likeness (QED) is 0.329. The highest BCUT2D eigenvalue weighted by Crippen LogP contribution is 2.53. The number of urea groups is 1. The Morgan fingerprint density at radius 1 is 1.20 bits per heavy atom. The van der Waals surface area contributed by atoms with Crippen LogP contribution >= 0.6 is 23.4 Å². The highest BCUT2D eigenvalue weighted by molar-refractivity contribution is 8.07. The zero-order valence-electron chi connectivity index (χ0n) is 20.8. The molecule has 1 aliphatic heterocycles. The minimum Gasteiger partial charge on any atom is -0.506 e. The average molecular weight is 518 g/mol. The Hall–Kier alpha value is -2.64. The van der Waals surface area contributed by atoms with Gasteiger partial charge >= 0.3 is 6.03 Å². The number of carbonyl (C=O) groups is 1. The van der Waals surface area contributed by atoms with Gasteiger partial charge in [-0.25, -0.2) is 9.18 Å². The fourth-order valence-electron chi connectivity index (χ4n) is 4.38. The van der Waals surface area contributed by atoms with Crippen molar-refractivity contribution in [1.29, 1.82) is 0 Å². The van der Waals surface area contributed by atoms with Gasteiger partial charge in [-0.05, 0) is 68.4 Å². The smallest absolute Gasteiger partial charge is 0.323 e. The summed E-state index contributed by atoms with van der Waals surface area (Å²) in [5, 5.41) is 18.2. The van der Waals surface area contributed by atoms with Crippen molar-refractivity contribution in [2.45, 2.75) is 59.3 Å². The van der Waals surface area contributed by atoms with Gasteiger partial charge in [-0.15, -0.1) is 0 Å². The van der Waals surface area contributed by atoms with Crippen molar-refractivity contribution in [1.82, 2.24) is 5.32 Å². The van der Waals surface area contributed by atoms with Crippen molar-refractivity contribution in [2.75, 3.05) is 16.8 Å². The number of nitrogens with zero attached hydrogens (tertiary/aromatic N) is 1. The van der Waals surface area contributed by atoms with Gasteiger partial charge in [0.05, 0.1) is 21.4 Å². The van der Waals surface area contributed by atoms with Crippen molar-refractivity contribution in [3.8, 4) is 5.75 Å². The molecule has 1 heterocycles. The van der Waals surface area contributed by atoms with E-state index in [0.717, 1.165) is 24.8 Å². The lowest BCUT2D eigenvalue weighted by Crippen LogP contribution is -2.32. The number of hydrogen-bond donors (Lipinski definition) is 3. The number of benzene rings is 2. The molecule has 0 fully saturated rings. The fraction of sp³-hybridized carbons (Fsp3) is 0.370. The number of phenolic OH excluding ortho intramolecular Hbond substituents is 1. The second kappa shape index (κ2) is 11.4. The van der Waals surface area contributed by atoms with Crippen molar-refractivity contribution in [2.24, 2.45) is 0 Å². The highest BCUT2D eigenvalue weighted by atomic mass is 35.5. The summed E-state index contributed by atoms with van der Waals surface area (Å²) in [7, 11) is 0. The van der Waals surface area contributed by atoms with E-state index in [0.29, 0.717) is 39.2 Å². The largest absolute Gasteiger partial charge is 0.506 e. The van der Waals surface area contributed by atoms with Gasteiger partial charge in [-0.1, -0.05) is 56.3 Å². The summed E-state index contributed by atoms with van der Waals surface area (Å²) in [5.74, 6) is -0.302. The Morgan fingerprint density at radius 3 is 2.54 bits per heavy atom. The molecule has 8 heteroatoms. The van der Waals surface area contributed by atoms with Crippen LogP contribution in [0.2, 0.25) is 0 Å². The molecule has 0 spiro atoms. The van der Waals surface area contributed by atoms with Crippen LogP contribution in [0.4, 0.5) is 26.2 Å². The number of thioether (sulfide) groups is 1. The molecule has 3 N–H and O–H groups in total. The molecule has 35 heavy (non-hydrogen) atoms. The van der Waals surface area contributed by atoms with Gasteiger partial charge < -0.3 is 20.6 Å². The second-order valence-corrected chi connectivity index (χ2v) is 10.3. The molecule has 3 rings (SSSR count). The summed E-state index contributed by atoms with van der Waals surface area (Å²) in [6.45, 7) is 10.4. The van der Waals surface area contributed by atoms with Gasteiger partial charge in [0.1, 0.15) is 11.6 Å². The number of allylic oxidation sites excluding steroid dienone is 2. The second-order valence-electron chi connectivity index (χ2n) is 8.79. The fourth-order valence-corrected chi connectivity index (χ4v) is 5.34. The molecule has 2 aromatic carbocycles. The first kappa shape index (κ1) is 27.0. The number of phenols is 1. The molecule has 2 aromatic rings. The van der Waals surface area contributed by atoms with E-state index in [-0.39, 0.29) is 11.6 Å². The van der Waals surface area contributed by atoms with Crippen LogP contribution in [0.15, 0.2) is 57.4 Å². The lowest BCUT2D eigenvalue weighted by molar-refractivity contribution is 0.254. The zero-order chi connectivity index (χ0) is 25.8. The van der Waals surface area contributed by atoms with Gasteiger partial charge in [0.2, 0.25) is 0 Å². The highest BCUT2D eigenvalue weighted by Gasteiger charge is 2.44. The van der Waals surface area contributed by atoms with Gasteiger partial charge in [0.25, 0.3) is 0 Å². The number of hydrogen-bond acceptors (Lipinski definition) is 4. The summed E-state index contributed by atoms with van der Waals surface area (Å²) in [5.41, 5.74) is 3.53. The molecular weight excluding hydrogens is 485 g/mol. The lowest BCUT2D eigenvalue weighted by Gasteiger charge is -2.29. The number of nitrogens with one attached hydrogen (secondary N) is 2. The van der Waals surface area contributed by atoms with Crippen molar-refractivity contribution in [3.05, 3.63) is 68.8 Å². The summed E-state index contributed by atoms with van der Waals surface area (Å²) < 4.78 is 15.7. The zero-order valence-corrected chi connectivity index (χ0v) is 22.4. The molecule has 5 nitrogen and oxygen atoms in total. The monoisotopic (exact) mass is 517 g/mol. The third-order valence-electron chi connectivity index (χ3n) is 6.68. The Morgan fingerprint density at radius 2 is 1.89 bits per heavy atom. The van der Waals surface area contributed by atoms with Crippen LogP contribution in [0.25, 0.3) is 0 Å². The van der Waals surface area contributed by atoms with Crippen molar-refractivity contribution < 1.29 is 14.3 Å².